The zero-order chi connectivity index (χ0) is 19.8. The molecule has 0 spiro atoms. The molecular formula is C21H20FN5O. The molecule has 0 aliphatic carbocycles. The van der Waals surface area contributed by atoms with E-state index in [0.29, 0.717) is 19.6 Å². The van der Waals surface area contributed by atoms with E-state index >= 15 is 0 Å². The third-order valence-electron chi connectivity index (χ3n) is 4.13. The van der Waals surface area contributed by atoms with Gasteiger partial charge in [-0.3, -0.25) is 0 Å². The van der Waals surface area contributed by atoms with Crippen molar-refractivity contribution in [3.8, 4) is 12.3 Å². The Morgan fingerprint density at radius 2 is 1.79 bits per heavy atom. The maximum absolute atomic E-state index is 13.0. The van der Waals surface area contributed by atoms with Gasteiger partial charge in [-0.15, -0.1) is 6.42 Å². The molecule has 2 amide bonds. The predicted octanol–water partition coefficient (Wildman–Crippen LogP) is 2.81. The van der Waals surface area contributed by atoms with Crippen LogP contribution in [0, 0.1) is 18.2 Å². The van der Waals surface area contributed by atoms with E-state index in [9.17, 15) is 9.18 Å². The van der Waals surface area contributed by atoms with Crippen molar-refractivity contribution in [1.29, 1.82) is 0 Å². The number of nitrogens with zero attached hydrogens (tertiary/aromatic N) is 4. The Kier molecular flexibility index (Phi) is 6.37. The Labute approximate surface area is 163 Å². The Hall–Kier alpha value is -3.66. The van der Waals surface area contributed by atoms with Gasteiger partial charge in [0.15, 0.2) is 0 Å². The molecule has 1 N–H and O–H groups in total. The van der Waals surface area contributed by atoms with Crippen molar-refractivity contribution in [2.75, 3.05) is 6.54 Å². The van der Waals surface area contributed by atoms with Crippen LogP contribution in [0.1, 0.15) is 16.7 Å². The number of carbonyl (C=O) groups excluding carboxylic acids is 1. The van der Waals surface area contributed by atoms with Crippen LogP contribution < -0.4 is 5.32 Å². The quantitative estimate of drug-likeness (QED) is 0.644. The van der Waals surface area contributed by atoms with Gasteiger partial charge in [0.25, 0.3) is 0 Å². The van der Waals surface area contributed by atoms with Crippen molar-refractivity contribution in [3.05, 3.63) is 83.7 Å². The molecule has 0 atom stereocenters. The van der Waals surface area contributed by atoms with Crippen LogP contribution in [0.3, 0.4) is 0 Å². The summed E-state index contributed by atoms with van der Waals surface area (Å²) in [7, 11) is 0. The van der Waals surface area contributed by atoms with E-state index in [0.717, 1.165) is 16.7 Å². The monoisotopic (exact) mass is 377 g/mol. The first-order chi connectivity index (χ1) is 13.6. The summed E-state index contributed by atoms with van der Waals surface area (Å²) in [6.07, 6.45) is 8.54. The van der Waals surface area contributed by atoms with Crippen LogP contribution in [-0.2, 0) is 19.6 Å². The highest BCUT2D eigenvalue weighted by atomic mass is 19.1. The Morgan fingerprint density at radius 3 is 2.43 bits per heavy atom. The molecule has 0 radical (unpaired) electrons. The van der Waals surface area contributed by atoms with Crippen molar-refractivity contribution in [3.63, 3.8) is 0 Å². The van der Waals surface area contributed by atoms with Crippen LogP contribution in [0.25, 0.3) is 0 Å². The summed E-state index contributed by atoms with van der Waals surface area (Å²) in [4.78, 5) is 17.9. The molecule has 2 aromatic carbocycles. The summed E-state index contributed by atoms with van der Waals surface area (Å²) in [6.45, 7) is 1.50. The number of amides is 2. The molecule has 28 heavy (non-hydrogen) atoms. The second-order valence-corrected chi connectivity index (χ2v) is 6.25. The molecule has 0 fully saturated rings. The maximum Gasteiger partial charge on any atom is 0.318 e. The van der Waals surface area contributed by atoms with Crippen LogP contribution in [0.15, 0.2) is 61.2 Å². The van der Waals surface area contributed by atoms with Crippen LogP contribution in [0.2, 0.25) is 0 Å². The zero-order valence-corrected chi connectivity index (χ0v) is 15.3. The summed E-state index contributed by atoms with van der Waals surface area (Å²) >= 11 is 0. The van der Waals surface area contributed by atoms with E-state index in [4.69, 9.17) is 6.42 Å². The van der Waals surface area contributed by atoms with Gasteiger partial charge in [0.1, 0.15) is 18.5 Å². The highest BCUT2D eigenvalue weighted by molar-refractivity contribution is 5.74. The third kappa shape index (κ3) is 5.42. The number of carbonyl (C=O) groups is 1. The van der Waals surface area contributed by atoms with E-state index in [1.54, 1.807) is 23.1 Å². The van der Waals surface area contributed by atoms with Crippen molar-refractivity contribution < 1.29 is 9.18 Å². The molecule has 1 aromatic heterocycles. The summed E-state index contributed by atoms with van der Waals surface area (Å²) < 4.78 is 14.8. The van der Waals surface area contributed by atoms with E-state index in [-0.39, 0.29) is 18.4 Å². The smallest absolute Gasteiger partial charge is 0.318 e. The number of halogens is 1. The number of aromatic nitrogens is 3. The first-order valence-electron chi connectivity index (χ1n) is 8.75. The zero-order valence-electron chi connectivity index (χ0n) is 15.3. The lowest BCUT2D eigenvalue weighted by atomic mass is 10.1. The number of hydrogen-bond acceptors (Lipinski definition) is 3. The van der Waals surface area contributed by atoms with E-state index in [1.807, 2.05) is 24.3 Å². The van der Waals surface area contributed by atoms with Crippen LogP contribution in [-0.4, -0.2) is 32.2 Å². The van der Waals surface area contributed by atoms with Crippen molar-refractivity contribution in [2.24, 2.45) is 0 Å². The SMILES string of the molecule is C#CCN(Cc1ccc(F)cc1)C(=O)NCc1ccc(Cn2cncn2)cc1. The van der Waals surface area contributed by atoms with Gasteiger partial charge >= 0.3 is 6.03 Å². The van der Waals surface area contributed by atoms with Crippen molar-refractivity contribution in [1.82, 2.24) is 25.0 Å². The number of urea groups is 1. The summed E-state index contributed by atoms with van der Waals surface area (Å²) in [5.74, 6) is 2.17. The van der Waals surface area contributed by atoms with E-state index in [2.05, 4.69) is 21.3 Å². The largest absolute Gasteiger partial charge is 0.334 e. The standard InChI is InChI=1S/C21H20FN5O/c1-2-11-26(13-18-7-9-20(22)10-8-18)21(28)24-12-17-3-5-19(6-4-17)14-27-16-23-15-25-27/h1,3-10,15-16H,11-14H2,(H,24,28). The maximum atomic E-state index is 13.0. The molecule has 0 saturated heterocycles. The second-order valence-electron chi connectivity index (χ2n) is 6.25. The predicted molar refractivity (Wildman–Crippen MR) is 103 cm³/mol. The van der Waals surface area contributed by atoms with Gasteiger partial charge in [0.05, 0.1) is 13.1 Å². The van der Waals surface area contributed by atoms with Gasteiger partial charge in [0, 0.05) is 13.1 Å². The Balaban J connectivity index is 1.54. The van der Waals surface area contributed by atoms with Crippen LogP contribution in [0.4, 0.5) is 9.18 Å². The van der Waals surface area contributed by atoms with Gasteiger partial charge in [-0.25, -0.2) is 18.9 Å². The van der Waals surface area contributed by atoms with Crippen molar-refractivity contribution in [2.45, 2.75) is 19.6 Å². The molecule has 3 rings (SSSR count). The summed E-state index contributed by atoms with van der Waals surface area (Å²) in [6, 6.07) is 13.6. The van der Waals surface area contributed by atoms with Gasteiger partial charge in [-0.05, 0) is 28.8 Å². The number of terminal acetylenes is 1. The minimum absolute atomic E-state index is 0.167. The highest BCUT2D eigenvalue weighted by Gasteiger charge is 2.12. The minimum atomic E-state index is -0.316. The lowest BCUT2D eigenvalue weighted by Crippen LogP contribution is -2.39. The van der Waals surface area contributed by atoms with E-state index < -0.39 is 0 Å². The average Bonchev–Trinajstić information content (AvgIpc) is 3.21. The van der Waals surface area contributed by atoms with Gasteiger partial charge in [-0.2, -0.15) is 5.10 Å². The molecule has 3 aromatic rings. The van der Waals surface area contributed by atoms with Crippen molar-refractivity contribution >= 4 is 6.03 Å². The molecule has 0 bridgehead atoms. The summed E-state index contributed by atoms with van der Waals surface area (Å²) in [5.41, 5.74) is 2.87. The Bertz CT molecular complexity index is 930. The fourth-order valence-electron chi connectivity index (χ4n) is 2.67. The summed E-state index contributed by atoms with van der Waals surface area (Å²) in [5, 5.41) is 6.95. The molecule has 0 aliphatic rings. The fourth-order valence-corrected chi connectivity index (χ4v) is 2.67. The molecule has 142 valence electrons. The minimum Gasteiger partial charge on any atom is -0.334 e. The molecule has 0 unspecified atom stereocenters. The number of nitrogens with one attached hydrogen (secondary N) is 1. The average molecular weight is 377 g/mol. The Morgan fingerprint density at radius 1 is 1.11 bits per heavy atom. The first kappa shape index (κ1) is 19.1. The van der Waals surface area contributed by atoms with E-state index in [1.165, 1.54) is 23.4 Å². The second kappa shape index (κ2) is 9.33. The molecule has 6 nitrogen and oxygen atoms in total. The van der Waals surface area contributed by atoms with Crippen LogP contribution >= 0.6 is 0 Å². The van der Waals surface area contributed by atoms with Gasteiger partial charge < -0.3 is 10.2 Å². The highest BCUT2D eigenvalue weighted by Crippen LogP contribution is 2.08. The lowest BCUT2D eigenvalue weighted by molar-refractivity contribution is 0.201. The molecule has 1 heterocycles. The lowest BCUT2D eigenvalue weighted by Gasteiger charge is -2.21. The molecule has 0 aliphatic heterocycles. The van der Waals surface area contributed by atoms with Crippen LogP contribution in [0.5, 0.6) is 0 Å². The molecule has 7 heteroatoms. The number of hydrogen-bond donors (Lipinski definition) is 1. The van der Waals surface area contributed by atoms with Gasteiger partial charge in [-0.1, -0.05) is 42.3 Å². The topological polar surface area (TPSA) is 63.1 Å². The molecule has 0 saturated carbocycles. The number of rotatable bonds is 7. The first-order valence-corrected chi connectivity index (χ1v) is 8.75. The van der Waals surface area contributed by atoms with Gasteiger partial charge in [0.2, 0.25) is 0 Å². The number of benzene rings is 2. The molecular weight excluding hydrogens is 357 g/mol. The normalized spacial score (nSPS) is 10.3. The third-order valence-corrected chi connectivity index (χ3v) is 4.13. The fraction of sp³-hybridized carbons (Fsp3) is 0.190.